The summed E-state index contributed by atoms with van der Waals surface area (Å²) in [5, 5.41) is 3.52. The Hall–Kier alpha value is -1.05. The minimum atomic E-state index is -4.13. The van der Waals surface area contributed by atoms with E-state index in [0.717, 1.165) is 11.5 Å². The average molecular weight is 323 g/mol. The van der Waals surface area contributed by atoms with Gasteiger partial charge in [0.2, 0.25) is 0 Å². The molecule has 4 nitrogen and oxygen atoms in total. The number of alkyl halides is 3. The summed E-state index contributed by atoms with van der Waals surface area (Å²) >= 11 is 6.11. The van der Waals surface area contributed by atoms with Gasteiger partial charge in [0.1, 0.15) is 5.82 Å². The van der Waals surface area contributed by atoms with Crippen molar-refractivity contribution in [1.29, 1.82) is 0 Å². The number of nitrogens with one attached hydrogen (secondary N) is 1. The van der Waals surface area contributed by atoms with E-state index in [1.165, 1.54) is 4.90 Å². The maximum Gasteiger partial charge on any atom is 0.401 e. The molecular weight excluding hydrogens is 305 g/mol. The molecule has 0 aliphatic carbocycles. The number of anilines is 1. The van der Waals surface area contributed by atoms with Crippen molar-refractivity contribution in [3.63, 3.8) is 0 Å². The molecule has 1 aromatic rings. The van der Waals surface area contributed by atoms with Crippen LogP contribution in [0.5, 0.6) is 0 Å². The zero-order valence-corrected chi connectivity index (χ0v) is 12.5. The van der Waals surface area contributed by atoms with E-state index < -0.39 is 12.7 Å². The Labute approximate surface area is 126 Å². The van der Waals surface area contributed by atoms with Gasteiger partial charge in [0.15, 0.2) is 0 Å². The van der Waals surface area contributed by atoms with Gasteiger partial charge < -0.3 is 5.32 Å². The molecule has 0 bridgehead atoms. The minimum absolute atomic E-state index is 0.406. The van der Waals surface area contributed by atoms with Gasteiger partial charge in [-0.1, -0.05) is 11.6 Å². The summed E-state index contributed by atoms with van der Waals surface area (Å²) in [4.78, 5) is 7.88. The van der Waals surface area contributed by atoms with E-state index in [4.69, 9.17) is 11.6 Å². The molecule has 8 heteroatoms. The zero-order valence-electron chi connectivity index (χ0n) is 11.8. The Bertz CT molecular complexity index is 473. The van der Waals surface area contributed by atoms with Crippen molar-refractivity contribution in [2.45, 2.75) is 12.7 Å². The first-order chi connectivity index (χ1) is 9.87. The molecule has 0 spiro atoms. The minimum Gasteiger partial charge on any atom is -0.373 e. The number of halogens is 4. The van der Waals surface area contributed by atoms with Crippen LogP contribution in [0.15, 0.2) is 12.1 Å². The van der Waals surface area contributed by atoms with Gasteiger partial charge in [0, 0.05) is 39.8 Å². The highest BCUT2D eigenvalue weighted by atomic mass is 35.5. The van der Waals surface area contributed by atoms with Crippen molar-refractivity contribution in [1.82, 2.24) is 14.8 Å². The van der Waals surface area contributed by atoms with Gasteiger partial charge in [0.25, 0.3) is 0 Å². The third-order valence-electron chi connectivity index (χ3n) is 3.42. The van der Waals surface area contributed by atoms with Crippen LogP contribution in [0.3, 0.4) is 0 Å². The largest absolute Gasteiger partial charge is 0.401 e. The lowest BCUT2D eigenvalue weighted by molar-refractivity contribution is -0.149. The van der Waals surface area contributed by atoms with Crippen molar-refractivity contribution < 1.29 is 13.2 Å². The standard InChI is InChI=1S/C13H18ClF3N4/c1-18-12-3-2-10(14)11(19-12)8-20-4-6-21(7-5-20)9-13(15,16)17/h2-3H,4-9H2,1H3,(H,18,19). The molecule has 2 rings (SSSR count). The summed E-state index contributed by atoms with van der Waals surface area (Å²) in [7, 11) is 1.77. The summed E-state index contributed by atoms with van der Waals surface area (Å²) in [5.41, 5.74) is 0.743. The Morgan fingerprint density at radius 1 is 1.19 bits per heavy atom. The third-order valence-corrected chi connectivity index (χ3v) is 3.76. The van der Waals surface area contributed by atoms with Crippen LogP contribution in [0.25, 0.3) is 0 Å². The Morgan fingerprint density at radius 2 is 1.81 bits per heavy atom. The van der Waals surface area contributed by atoms with Crippen molar-refractivity contribution in [3.05, 3.63) is 22.8 Å². The van der Waals surface area contributed by atoms with Crippen molar-refractivity contribution in [2.24, 2.45) is 0 Å². The predicted octanol–water partition coefficient (Wildman–Crippen LogP) is 2.46. The number of hydrogen-bond acceptors (Lipinski definition) is 4. The molecule has 21 heavy (non-hydrogen) atoms. The smallest absolute Gasteiger partial charge is 0.373 e. The highest BCUT2D eigenvalue weighted by Gasteiger charge is 2.32. The van der Waals surface area contributed by atoms with E-state index >= 15 is 0 Å². The number of nitrogens with zero attached hydrogens (tertiary/aromatic N) is 3. The maximum absolute atomic E-state index is 12.3. The molecule has 1 fully saturated rings. The molecule has 0 atom stereocenters. The highest BCUT2D eigenvalue weighted by Crippen LogP contribution is 2.20. The van der Waals surface area contributed by atoms with Crippen molar-refractivity contribution in [2.75, 3.05) is 45.1 Å². The lowest BCUT2D eigenvalue weighted by atomic mass is 10.2. The SMILES string of the molecule is CNc1ccc(Cl)c(CN2CCN(CC(F)(F)F)CC2)n1. The Balaban J connectivity index is 1.89. The van der Waals surface area contributed by atoms with Gasteiger partial charge in [0.05, 0.1) is 17.3 Å². The normalized spacial score (nSPS) is 18.0. The molecule has 0 aromatic carbocycles. The summed E-state index contributed by atoms with van der Waals surface area (Å²) < 4.78 is 37.0. The van der Waals surface area contributed by atoms with Crippen LogP contribution in [0, 0.1) is 0 Å². The first-order valence-electron chi connectivity index (χ1n) is 6.72. The zero-order chi connectivity index (χ0) is 15.5. The molecule has 0 amide bonds. The first-order valence-corrected chi connectivity index (χ1v) is 7.10. The van der Waals surface area contributed by atoms with Gasteiger partial charge in [-0.2, -0.15) is 13.2 Å². The number of aromatic nitrogens is 1. The van der Waals surface area contributed by atoms with Crippen LogP contribution in [0.4, 0.5) is 19.0 Å². The number of piperazine rings is 1. The second kappa shape index (κ2) is 6.81. The molecule has 1 saturated heterocycles. The molecule has 0 radical (unpaired) electrons. The molecular formula is C13H18ClF3N4. The van der Waals surface area contributed by atoms with Crippen LogP contribution in [0.2, 0.25) is 5.02 Å². The molecule has 2 heterocycles. The monoisotopic (exact) mass is 322 g/mol. The van der Waals surface area contributed by atoms with Crippen LogP contribution in [-0.2, 0) is 6.54 Å². The quantitative estimate of drug-likeness (QED) is 0.922. The van der Waals surface area contributed by atoms with Gasteiger partial charge in [-0.25, -0.2) is 4.98 Å². The van der Waals surface area contributed by atoms with E-state index in [2.05, 4.69) is 15.2 Å². The second-order valence-corrected chi connectivity index (χ2v) is 5.45. The molecule has 1 aromatic heterocycles. The lowest BCUT2D eigenvalue weighted by Gasteiger charge is -2.34. The van der Waals surface area contributed by atoms with Crippen LogP contribution < -0.4 is 5.32 Å². The first kappa shape index (κ1) is 16.3. The Morgan fingerprint density at radius 3 is 2.38 bits per heavy atom. The fourth-order valence-corrected chi connectivity index (χ4v) is 2.47. The van der Waals surface area contributed by atoms with Gasteiger partial charge in [-0.3, -0.25) is 9.80 Å². The summed E-state index contributed by atoms with van der Waals surface area (Å²) in [5.74, 6) is 0.727. The molecule has 118 valence electrons. The molecule has 1 N–H and O–H groups in total. The van der Waals surface area contributed by atoms with E-state index in [1.807, 2.05) is 0 Å². The van der Waals surface area contributed by atoms with Crippen molar-refractivity contribution in [3.8, 4) is 0 Å². The van der Waals surface area contributed by atoms with Crippen molar-refractivity contribution >= 4 is 17.4 Å². The highest BCUT2D eigenvalue weighted by molar-refractivity contribution is 6.31. The van der Waals surface area contributed by atoms with E-state index in [0.29, 0.717) is 37.7 Å². The lowest BCUT2D eigenvalue weighted by Crippen LogP contribution is -2.48. The van der Waals surface area contributed by atoms with Gasteiger partial charge in [-0.05, 0) is 12.1 Å². The molecule has 0 unspecified atom stereocenters. The average Bonchev–Trinajstić information content (AvgIpc) is 2.42. The topological polar surface area (TPSA) is 31.4 Å². The van der Waals surface area contributed by atoms with Crippen LogP contribution >= 0.6 is 11.6 Å². The van der Waals surface area contributed by atoms with Crippen LogP contribution in [-0.4, -0.2) is 60.7 Å². The van der Waals surface area contributed by atoms with Crippen LogP contribution in [0.1, 0.15) is 5.69 Å². The van der Waals surface area contributed by atoms with Gasteiger partial charge in [-0.15, -0.1) is 0 Å². The molecule has 0 saturated carbocycles. The van der Waals surface area contributed by atoms with Gasteiger partial charge >= 0.3 is 6.18 Å². The second-order valence-electron chi connectivity index (χ2n) is 5.04. The maximum atomic E-state index is 12.3. The number of hydrogen-bond donors (Lipinski definition) is 1. The molecule has 1 aliphatic rings. The summed E-state index contributed by atoms with van der Waals surface area (Å²) in [6.07, 6.45) is -4.13. The third kappa shape index (κ3) is 5.01. The molecule has 1 aliphatic heterocycles. The number of pyridine rings is 1. The van der Waals surface area contributed by atoms with E-state index in [-0.39, 0.29) is 0 Å². The number of rotatable bonds is 4. The summed E-state index contributed by atoms with van der Waals surface area (Å²) in [6, 6.07) is 3.56. The fraction of sp³-hybridized carbons (Fsp3) is 0.615. The Kier molecular flexibility index (Phi) is 5.29. The van der Waals surface area contributed by atoms with E-state index in [9.17, 15) is 13.2 Å². The van der Waals surface area contributed by atoms with E-state index in [1.54, 1.807) is 19.2 Å². The predicted molar refractivity (Wildman–Crippen MR) is 76.6 cm³/mol. The summed E-state index contributed by atoms with van der Waals surface area (Å²) in [6.45, 7) is 1.69. The fourth-order valence-electron chi connectivity index (χ4n) is 2.31.